The largest absolute Gasteiger partial charge is 0.326 e. The highest BCUT2D eigenvalue weighted by Crippen LogP contribution is 2.20. The Labute approximate surface area is 122 Å². The Morgan fingerprint density at radius 3 is 2.70 bits per heavy atom. The summed E-state index contributed by atoms with van der Waals surface area (Å²) in [5, 5.41) is 10.5. The molecule has 0 unspecified atom stereocenters. The number of aryl methyl sites for hydroxylation is 1. The molecule has 2 N–H and O–H groups in total. The molecule has 1 aromatic heterocycles. The van der Waals surface area contributed by atoms with Crippen LogP contribution in [0.5, 0.6) is 0 Å². The lowest BCUT2D eigenvalue weighted by atomic mass is 10.2. The van der Waals surface area contributed by atoms with Gasteiger partial charge in [0.25, 0.3) is 0 Å². The van der Waals surface area contributed by atoms with Crippen LogP contribution in [0.4, 0.5) is 5.69 Å². The van der Waals surface area contributed by atoms with Gasteiger partial charge in [-0.2, -0.15) is 0 Å². The van der Waals surface area contributed by atoms with Crippen LogP contribution in [0.25, 0.3) is 0 Å². The molecule has 1 heterocycles. The number of anilines is 1. The minimum Gasteiger partial charge on any atom is -0.326 e. The van der Waals surface area contributed by atoms with Crippen molar-refractivity contribution < 1.29 is 4.79 Å². The van der Waals surface area contributed by atoms with Gasteiger partial charge in [-0.25, -0.2) is 4.98 Å². The quantitative estimate of drug-likeness (QED) is 0.802. The van der Waals surface area contributed by atoms with Crippen LogP contribution in [-0.4, -0.2) is 21.1 Å². The number of H-pyrrole nitrogens is 1. The van der Waals surface area contributed by atoms with Crippen molar-refractivity contribution in [2.45, 2.75) is 37.6 Å². The number of aromatic amines is 1. The molecule has 6 heteroatoms. The molecule has 5 nitrogen and oxygen atoms in total. The molecule has 0 aliphatic heterocycles. The highest BCUT2D eigenvalue weighted by Gasteiger charge is 2.03. The Kier molecular flexibility index (Phi) is 5.17. The van der Waals surface area contributed by atoms with Crippen molar-refractivity contribution in [2.24, 2.45) is 0 Å². The fourth-order valence-corrected chi connectivity index (χ4v) is 2.47. The van der Waals surface area contributed by atoms with E-state index in [2.05, 4.69) is 20.5 Å². The molecular weight excluding hydrogens is 272 g/mol. The SMILES string of the molecule is CCCC(=O)Nc1ccc(CSc2n[nH]c(C)n2)cc1. The monoisotopic (exact) mass is 290 g/mol. The van der Waals surface area contributed by atoms with E-state index in [4.69, 9.17) is 0 Å². The van der Waals surface area contributed by atoms with E-state index >= 15 is 0 Å². The third-order valence-electron chi connectivity index (χ3n) is 2.66. The number of hydrogen-bond donors (Lipinski definition) is 2. The van der Waals surface area contributed by atoms with Gasteiger partial charge < -0.3 is 5.32 Å². The van der Waals surface area contributed by atoms with Crippen molar-refractivity contribution in [3.8, 4) is 0 Å². The fraction of sp³-hybridized carbons (Fsp3) is 0.357. The van der Waals surface area contributed by atoms with Crippen LogP contribution in [0.3, 0.4) is 0 Å². The van der Waals surface area contributed by atoms with E-state index in [0.717, 1.165) is 28.8 Å². The Morgan fingerprint density at radius 2 is 2.10 bits per heavy atom. The third kappa shape index (κ3) is 4.38. The highest BCUT2D eigenvalue weighted by atomic mass is 32.2. The number of thioether (sulfide) groups is 1. The predicted molar refractivity (Wildman–Crippen MR) is 80.7 cm³/mol. The van der Waals surface area contributed by atoms with Crippen molar-refractivity contribution in [3.05, 3.63) is 35.7 Å². The lowest BCUT2D eigenvalue weighted by Gasteiger charge is -2.05. The van der Waals surface area contributed by atoms with E-state index in [1.807, 2.05) is 38.1 Å². The normalized spacial score (nSPS) is 10.5. The summed E-state index contributed by atoms with van der Waals surface area (Å²) in [5.41, 5.74) is 2.01. The number of hydrogen-bond acceptors (Lipinski definition) is 4. The van der Waals surface area contributed by atoms with Crippen LogP contribution in [0.15, 0.2) is 29.4 Å². The molecule has 2 aromatic rings. The number of carbonyl (C=O) groups is 1. The molecular formula is C14H18N4OS. The van der Waals surface area contributed by atoms with Gasteiger partial charge in [0.2, 0.25) is 11.1 Å². The number of nitrogens with zero attached hydrogens (tertiary/aromatic N) is 2. The number of aromatic nitrogens is 3. The average Bonchev–Trinajstić information content (AvgIpc) is 2.84. The molecule has 0 bridgehead atoms. The van der Waals surface area contributed by atoms with Gasteiger partial charge in [-0.1, -0.05) is 30.8 Å². The van der Waals surface area contributed by atoms with Crippen LogP contribution in [-0.2, 0) is 10.5 Å². The van der Waals surface area contributed by atoms with Crippen LogP contribution >= 0.6 is 11.8 Å². The first kappa shape index (κ1) is 14.6. The summed E-state index contributed by atoms with van der Waals surface area (Å²) < 4.78 is 0. The maximum absolute atomic E-state index is 11.5. The minimum atomic E-state index is 0.0609. The Hall–Kier alpha value is -1.82. The van der Waals surface area contributed by atoms with Gasteiger partial charge in [-0.15, -0.1) is 5.10 Å². The molecule has 0 aliphatic rings. The van der Waals surface area contributed by atoms with Gasteiger partial charge in [0.15, 0.2) is 0 Å². The van der Waals surface area contributed by atoms with Gasteiger partial charge >= 0.3 is 0 Å². The highest BCUT2D eigenvalue weighted by molar-refractivity contribution is 7.98. The molecule has 0 aliphatic carbocycles. The fourth-order valence-electron chi connectivity index (χ4n) is 1.67. The van der Waals surface area contributed by atoms with E-state index in [0.29, 0.717) is 6.42 Å². The summed E-state index contributed by atoms with van der Waals surface area (Å²) >= 11 is 1.58. The molecule has 0 fully saturated rings. The van der Waals surface area contributed by atoms with E-state index in [9.17, 15) is 4.79 Å². The molecule has 1 amide bonds. The number of amides is 1. The second-order valence-electron chi connectivity index (χ2n) is 4.49. The van der Waals surface area contributed by atoms with Gasteiger partial charge in [0.1, 0.15) is 5.82 Å². The second kappa shape index (κ2) is 7.09. The Morgan fingerprint density at radius 1 is 1.35 bits per heavy atom. The second-order valence-corrected chi connectivity index (χ2v) is 5.43. The van der Waals surface area contributed by atoms with Crippen molar-refractivity contribution in [3.63, 3.8) is 0 Å². The maximum atomic E-state index is 11.5. The lowest BCUT2D eigenvalue weighted by Crippen LogP contribution is -2.10. The smallest absolute Gasteiger partial charge is 0.224 e. The zero-order valence-electron chi connectivity index (χ0n) is 11.6. The third-order valence-corrected chi connectivity index (χ3v) is 3.58. The summed E-state index contributed by atoms with van der Waals surface area (Å²) in [5.74, 6) is 1.69. The zero-order valence-corrected chi connectivity index (χ0v) is 12.5. The number of nitrogens with one attached hydrogen (secondary N) is 2. The van der Waals surface area contributed by atoms with Crippen LogP contribution in [0, 0.1) is 6.92 Å². The molecule has 1 aromatic carbocycles. The van der Waals surface area contributed by atoms with E-state index in [1.54, 1.807) is 11.8 Å². The molecule has 0 saturated carbocycles. The average molecular weight is 290 g/mol. The number of carbonyl (C=O) groups excluding carboxylic acids is 1. The van der Waals surface area contributed by atoms with Gasteiger partial charge in [-0.05, 0) is 31.0 Å². The molecule has 0 spiro atoms. The summed E-state index contributed by atoms with van der Waals surface area (Å²) in [4.78, 5) is 15.7. The van der Waals surface area contributed by atoms with Crippen LogP contribution in [0.2, 0.25) is 0 Å². The Bertz CT molecular complexity index is 565. The van der Waals surface area contributed by atoms with Crippen molar-refractivity contribution in [1.29, 1.82) is 0 Å². The van der Waals surface area contributed by atoms with Crippen molar-refractivity contribution >= 4 is 23.4 Å². The summed E-state index contributed by atoms with van der Waals surface area (Å²) in [7, 11) is 0. The van der Waals surface area contributed by atoms with Gasteiger partial charge in [0.05, 0.1) is 0 Å². The van der Waals surface area contributed by atoms with Crippen LogP contribution < -0.4 is 5.32 Å². The van der Waals surface area contributed by atoms with E-state index in [1.165, 1.54) is 5.56 Å². The van der Waals surface area contributed by atoms with Gasteiger partial charge in [-0.3, -0.25) is 9.89 Å². The topological polar surface area (TPSA) is 70.7 Å². The molecule has 20 heavy (non-hydrogen) atoms. The standard InChI is InChI=1S/C14H18N4OS/c1-3-4-13(19)16-12-7-5-11(6-8-12)9-20-14-15-10(2)17-18-14/h5-8H,3-4,9H2,1-2H3,(H,16,19)(H,15,17,18). The Balaban J connectivity index is 1.86. The maximum Gasteiger partial charge on any atom is 0.224 e. The van der Waals surface area contributed by atoms with Crippen molar-refractivity contribution in [1.82, 2.24) is 15.2 Å². The minimum absolute atomic E-state index is 0.0609. The van der Waals surface area contributed by atoms with E-state index < -0.39 is 0 Å². The molecule has 0 atom stereocenters. The first-order valence-corrected chi connectivity index (χ1v) is 7.56. The van der Waals surface area contributed by atoms with Crippen LogP contribution in [0.1, 0.15) is 31.2 Å². The summed E-state index contributed by atoms with van der Waals surface area (Å²) in [6, 6.07) is 7.86. The molecule has 0 saturated heterocycles. The number of benzene rings is 1. The molecule has 0 radical (unpaired) electrons. The number of rotatable bonds is 6. The molecule has 2 rings (SSSR count). The van der Waals surface area contributed by atoms with Gasteiger partial charge in [0, 0.05) is 17.9 Å². The summed E-state index contributed by atoms with van der Waals surface area (Å²) in [6.45, 7) is 3.87. The van der Waals surface area contributed by atoms with Crippen molar-refractivity contribution in [2.75, 3.05) is 5.32 Å². The zero-order chi connectivity index (χ0) is 14.4. The first-order chi connectivity index (χ1) is 9.67. The molecule has 106 valence electrons. The lowest BCUT2D eigenvalue weighted by molar-refractivity contribution is -0.116. The first-order valence-electron chi connectivity index (χ1n) is 6.58. The van der Waals surface area contributed by atoms with E-state index in [-0.39, 0.29) is 5.91 Å². The summed E-state index contributed by atoms with van der Waals surface area (Å²) in [6.07, 6.45) is 1.42. The predicted octanol–water partition coefficient (Wildman–Crippen LogP) is 3.14.